The highest BCUT2D eigenvalue weighted by atomic mass is 32.2. The zero-order chi connectivity index (χ0) is 14.6. The van der Waals surface area contributed by atoms with Crippen LogP contribution in [0.3, 0.4) is 0 Å². The molecule has 2 rings (SSSR count). The van der Waals surface area contributed by atoms with E-state index < -0.39 is 10.0 Å². The number of para-hydroxylation sites is 1. The van der Waals surface area contributed by atoms with Crippen LogP contribution in [0.4, 0.5) is 5.69 Å². The Labute approximate surface area is 118 Å². The second-order valence-corrected chi connectivity index (χ2v) is 6.17. The van der Waals surface area contributed by atoms with Gasteiger partial charge < -0.3 is 0 Å². The number of Topliss-reactive ketones (excluding diaryl/α,β-unsaturated/α-hetero) is 1. The lowest BCUT2D eigenvalue weighted by Gasteiger charge is -2.11. The number of ketones is 1. The van der Waals surface area contributed by atoms with Crippen LogP contribution >= 0.6 is 0 Å². The normalized spacial score (nSPS) is 11.1. The maximum atomic E-state index is 12.1. The summed E-state index contributed by atoms with van der Waals surface area (Å²) in [5.74, 6) is -0.303. The summed E-state index contributed by atoms with van der Waals surface area (Å²) in [7, 11) is -3.55. The molecular weight excluding hydrogens is 274 g/mol. The molecule has 0 aliphatic heterocycles. The molecule has 0 aliphatic rings. The predicted octanol–water partition coefficient (Wildman–Crippen LogP) is 2.83. The third-order valence-electron chi connectivity index (χ3n) is 2.77. The average Bonchev–Trinajstić information content (AvgIpc) is 2.39. The Bertz CT molecular complexity index is 709. The fraction of sp³-hybridized carbons (Fsp3) is 0.133. The molecule has 0 fully saturated rings. The van der Waals surface area contributed by atoms with Crippen molar-refractivity contribution >= 4 is 21.5 Å². The highest BCUT2D eigenvalue weighted by molar-refractivity contribution is 7.91. The van der Waals surface area contributed by atoms with E-state index in [9.17, 15) is 13.2 Å². The number of hydrogen-bond donors (Lipinski definition) is 1. The molecule has 0 saturated carbocycles. The summed E-state index contributed by atoms with van der Waals surface area (Å²) in [5, 5.41) is 0. The molecule has 20 heavy (non-hydrogen) atoms. The first-order valence-electron chi connectivity index (χ1n) is 6.12. The molecule has 0 radical (unpaired) electrons. The van der Waals surface area contributed by atoms with Crippen molar-refractivity contribution in [1.82, 2.24) is 0 Å². The van der Waals surface area contributed by atoms with Gasteiger partial charge in [0, 0.05) is 5.56 Å². The second-order valence-electron chi connectivity index (χ2n) is 4.45. The average molecular weight is 289 g/mol. The second kappa shape index (κ2) is 5.88. The maximum Gasteiger partial charge on any atom is 0.236 e. The van der Waals surface area contributed by atoms with E-state index in [1.807, 2.05) is 6.07 Å². The first kappa shape index (κ1) is 14.3. The monoisotopic (exact) mass is 289 g/mol. The third kappa shape index (κ3) is 3.68. The Balaban J connectivity index is 2.23. The summed E-state index contributed by atoms with van der Waals surface area (Å²) >= 11 is 0. The van der Waals surface area contributed by atoms with Gasteiger partial charge in [-0.05, 0) is 24.6 Å². The van der Waals surface area contributed by atoms with Gasteiger partial charge in [-0.1, -0.05) is 42.5 Å². The number of benzene rings is 2. The minimum Gasteiger partial charge on any atom is -0.294 e. The van der Waals surface area contributed by atoms with E-state index in [1.54, 1.807) is 48.5 Å². The molecule has 0 saturated heterocycles. The molecular formula is C15H15NO3S. The number of hydrogen-bond acceptors (Lipinski definition) is 3. The van der Waals surface area contributed by atoms with Gasteiger partial charge in [0.25, 0.3) is 0 Å². The van der Waals surface area contributed by atoms with E-state index in [2.05, 4.69) is 4.72 Å². The van der Waals surface area contributed by atoms with Crippen LogP contribution in [0.5, 0.6) is 0 Å². The van der Waals surface area contributed by atoms with E-state index >= 15 is 0 Å². The van der Waals surface area contributed by atoms with E-state index in [-0.39, 0.29) is 11.5 Å². The molecule has 2 aromatic carbocycles. The first-order chi connectivity index (χ1) is 9.48. The smallest absolute Gasteiger partial charge is 0.236 e. The molecule has 5 heteroatoms. The van der Waals surface area contributed by atoms with E-state index in [0.717, 1.165) is 0 Å². The van der Waals surface area contributed by atoms with Gasteiger partial charge in [-0.2, -0.15) is 0 Å². The molecule has 0 amide bonds. The molecule has 104 valence electrons. The molecule has 2 aromatic rings. The summed E-state index contributed by atoms with van der Waals surface area (Å²) in [6.07, 6.45) is 0. The number of anilines is 1. The van der Waals surface area contributed by atoms with Crippen LogP contribution in [0.1, 0.15) is 22.8 Å². The highest BCUT2D eigenvalue weighted by Gasteiger charge is 2.15. The van der Waals surface area contributed by atoms with Crippen LogP contribution in [-0.4, -0.2) is 14.2 Å². The SMILES string of the molecule is CC(=O)c1ccccc1NS(=O)(=O)Cc1ccccc1. The minimum atomic E-state index is -3.55. The fourth-order valence-corrected chi connectivity index (χ4v) is 3.09. The number of rotatable bonds is 5. The van der Waals surface area contributed by atoms with Crippen molar-refractivity contribution < 1.29 is 13.2 Å². The molecule has 0 spiro atoms. The Kier molecular flexibility index (Phi) is 4.20. The van der Waals surface area contributed by atoms with Gasteiger partial charge in [0.1, 0.15) is 0 Å². The molecule has 0 aliphatic carbocycles. The van der Waals surface area contributed by atoms with Gasteiger partial charge in [-0.3, -0.25) is 9.52 Å². The summed E-state index contributed by atoms with van der Waals surface area (Å²) in [6.45, 7) is 1.41. The van der Waals surface area contributed by atoms with Crippen molar-refractivity contribution in [3.63, 3.8) is 0 Å². The predicted molar refractivity (Wildman–Crippen MR) is 79.1 cm³/mol. The minimum absolute atomic E-state index is 0.125. The molecule has 0 atom stereocenters. The standard InChI is InChI=1S/C15H15NO3S/c1-12(17)14-9-5-6-10-15(14)16-20(18,19)11-13-7-3-2-4-8-13/h2-10,16H,11H2,1H3. The van der Waals surface area contributed by atoms with Crippen molar-refractivity contribution in [2.75, 3.05) is 4.72 Å². The topological polar surface area (TPSA) is 63.2 Å². The van der Waals surface area contributed by atoms with Gasteiger partial charge in [0.2, 0.25) is 10.0 Å². The largest absolute Gasteiger partial charge is 0.294 e. The lowest BCUT2D eigenvalue weighted by atomic mass is 10.1. The van der Waals surface area contributed by atoms with Crippen LogP contribution < -0.4 is 4.72 Å². The van der Waals surface area contributed by atoms with Crippen LogP contribution in [0, 0.1) is 0 Å². The van der Waals surface area contributed by atoms with Gasteiger partial charge >= 0.3 is 0 Å². The molecule has 0 heterocycles. The first-order valence-corrected chi connectivity index (χ1v) is 7.77. The van der Waals surface area contributed by atoms with Gasteiger partial charge in [0.15, 0.2) is 5.78 Å². The van der Waals surface area contributed by atoms with Crippen molar-refractivity contribution in [2.45, 2.75) is 12.7 Å². The Morgan fingerprint density at radius 1 is 1.00 bits per heavy atom. The van der Waals surface area contributed by atoms with Crippen LogP contribution in [0.25, 0.3) is 0 Å². The van der Waals surface area contributed by atoms with Crippen LogP contribution in [-0.2, 0) is 15.8 Å². The zero-order valence-electron chi connectivity index (χ0n) is 11.0. The van der Waals surface area contributed by atoms with Crippen molar-refractivity contribution in [2.24, 2.45) is 0 Å². The zero-order valence-corrected chi connectivity index (χ0v) is 11.9. The lowest BCUT2D eigenvalue weighted by molar-refractivity contribution is 0.101. The number of nitrogens with one attached hydrogen (secondary N) is 1. The summed E-state index contributed by atoms with van der Waals surface area (Å²) in [5.41, 5.74) is 1.38. The van der Waals surface area contributed by atoms with Gasteiger partial charge in [0.05, 0.1) is 11.4 Å². The Morgan fingerprint density at radius 3 is 2.25 bits per heavy atom. The number of carbonyl (C=O) groups excluding carboxylic acids is 1. The van der Waals surface area contributed by atoms with Crippen LogP contribution in [0.2, 0.25) is 0 Å². The Hall–Kier alpha value is -2.14. The van der Waals surface area contributed by atoms with Crippen molar-refractivity contribution in [3.05, 3.63) is 65.7 Å². The summed E-state index contributed by atoms with van der Waals surface area (Å²) in [6, 6.07) is 15.5. The quantitative estimate of drug-likeness (QED) is 0.861. The highest BCUT2D eigenvalue weighted by Crippen LogP contribution is 2.18. The van der Waals surface area contributed by atoms with Crippen LogP contribution in [0.15, 0.2) is 54.6 Å². The number of carbonyl (C=O) groups is 1. The molecule has 0 bridgehead atoms. The maximum absolute atomic E-state index is 12.1. The molecule has 1 N–H and O–H groups in total. The van der Waals surface area contributed by atoms with Gasteiger partial charge in [-0.25, -0.2) is 8.42 Å². The van der Waals surface area contributed by atoms with Crippen molar-refractivity contribution in [1.29, 1.82) is 0 Å². The molecule has 4 nitrogen and oxygen atoms in total. The Morgan fingerprint density at radius 2 is 1.60 bits per heavy atom. The summed E-state index contributed by atoms with van der Waals surface area (Å²) < 4.78 is 26.7. The third-order valence-corrected chi connectivity index (χ3v) is 4.02. The van der Waals surface area contributed by atoms with E-state index in [0.29, 0.717) is 16.8 Å². The van der Waals surface area contributed by atoms with Gasteiger partial charge in [-0.15, -0.1) is 0 Å². The molecule has 0 aromatic heterocycles. The summed E-state index contributed by atoms with van der Waals surface area (Å²) in [4.78, 5) is 11.5. The molecule has 0 unspecified atom stereocenters. The van der Waals surface area contributed by atoms with E-state index in [1.165, 1.54) is 6.92 Å². The van der Waals surface area contributed by atoms with E-state index in [4.69, 9.17) is 0 Å². The number of sulfonamides is 1. The fourth-order valence-electron chi connectivity index (χ4n) is 1.88. The lowest BCUT2D eigenvalue weighted by Crippen LogP contribution is -2.16. The van der Waals surface area contributed by atoms with Crippen molar-refractivity contribution in [3.8, 4) is 0 Å².